The Labute approximate surface area is 128 Å². The molecule has 1 rings (SSSR count). The lowest BCUT2D eigenvalue weighted by molar-refractivity contribution is 0.423. The number of rotatable bonds is 3. The molecule has 1 aromatic carbocycles. The van der Waals surface area contributed by atoms with Crippen molar-refractivity contribution in [2.75, 3.05) is 0 Å². The Morgan fingerprint density at radius 1 is 1.10 bits per heavy atom. The summed E-state index contributed by atoms with van der Waals surface area (Å²) >= 11 is 0. The van der Waals surface area contributed by atoms with Crippen LogP contribution in [0.2, 0.25) is 0 Å². The number of hydrazone groups is 1. The maximum atomic E-state index is 10.6. The average molecular weight is 288 g/mol. The molecule has 0 saturated carbocycles. The summed E-state index contributed by atoms with van der Waals surface area (Å²) in [5.74, 6) is 0.389. The zero-order valence-corrected chi connectivity index (χ0v) is 14.3. The smallest absolute Gasteiger partial charge is 0.123 e. The third-order valence-corrected chi connectivity index (χ3v) is 3.22. The predicted octanol–water partition coefficient (Wildman–Crippen LogP) is 4.44. The van der Waals surface area contributed by atoms with Gasteiger partial charge in [-0.15, -0.1) is 0 Å². The zero-order chi connectivity index (χ0) is 16.4. The summed E-state index contributed by atoms with van der Waals surface area (Å²) in [6.07, 6.45) is 1.76. The van der Waals surface area contributed by atoms with Gasteiger partial charge in [-0.25, -0.2) is 0 Å². The van der Waals surface area contributed by atoms with Crippen molar-refractivity contribution in [1.29, 1.82) is 0 Å². The lowest BCUT2D eigenvalue weighted by atomic mass is 9.78. The van der Waals surface area contributed by atoms with Gasteiger partial charge in [0.25, 0.3) is 0 Å². The van der Waals surface area contributed by atoms with Crippen molar-refractivity contribution >= 4 is 6.21 Å². The number of hydrogen-bond donors (Lipinski definition) is 2. The van der Waals surface area contributed by atoms with Crippen LogP contribution in [-0.4, -0.2) is 11.3 Å². The molecule has 21 heavy (non-hydrogen) atoms. The van der Waals surface area contributed by atoms with E-state index in [9.17, 15) is 5.11 Å². The van der Waals surface area contributed by atoms with Crippen LogP contribution in [0.4, 0.5) is 0 Å². The molecule has 0 aliphatic carbocycles. The molecule has 2 N–H and O–H groups in total. The summed E-state index contributed by atoms with van der Waals surface area (Å²) in [7, 11) is 0. The fourth-order valence-electron chi connectivity index (χ4n) is 2.09. The van der Waals surface area contributed by atoms with E-state index in [2.05, 4.69) is 58.6 Å². The van der Waals surface area contributed by atoms with Crippen molar-refractivity contribution in [2.45, 2.75) is 59.3 Å². The Kier molecular flexibility index (Phi) is 4.87. The van der Waals surface area contributed by atoms with E-state index in [0.717, 1.165) is 22.4 Å². The summed E-state index contributed by atoms with van der Waals surface area (Å²) in [6.45, 7) is 18.2. The molecule has 0 aromatic heterocycles. The van der Waals surface area contributed by atoms with Crippen LogP contribution in [0, 0.1) is 0 Å². The molecule has 0 spiro atoms. The molecule has 3 nitrogen and oxygen atoms in total. The fourth-order valence-corrected chi connectivity index (χ4v) is 2.09. The standard InChI is InChI=1S/C18H28N2O/c1-12(2)20-19-11-13-9-14(17(3,4)5)16(21)15(10-13)18(6,7)8/h9-11,20-21H,1H2,2-8H3/b19-11+. The summed E-state index contributed by atoms with van der Waals surface area (Å²) < 4.78 is 0. The van der Waals surface area contributed by atoms with Gasteiger partial charge in [0.2, 0.25) is 0 Å². The zero-order valence-electron chi connectivity index (χ0n) is 14.3. The van der Waals surface area contributed by atoms with Crippen LogP contribution in [0.3, 0.4) is 0 Å². The maximum Gasteiger partial charge on any atom is 0.123 e. The van der Waals surface area contributed by atoms with E-state index in [-0.39, 0.29) is 10.8 Å². The molecule has 0 unspecified atom stereocenters. The Morgan fingerprint density at radius 3 is 1.86 bits per heavy atom. The second kappa shape index (κ2) is 5.92. The van der Waals surface area contributed by atoms with Gasteiger partial charge < -0.3 is 5.11 Å². The number of phenols is 1. The number of nitrogens with zero attached hydrogens (tertiary/aromatic N) is 1. The number of hydrogen-bond acceptors (Lipinski definition) is 3. The molecule has 116 valence electrons. The fraction of sp³-hybridized carbons (Fsp3) is 0.500. The number of nitrogens with one attached hydrogen (secondary N) is 1. The largest absolute Gasteiger partial charge is 0.507 e. The first kappa shape index (κ1) is 17.3. The van der Waals surface area contributed by atoms with Gasteiger partial charge in [-0.05, 0) is 35.4 Å². The normalized spacial score (nSPS) is 12.7. The molecule has 0 saturated heterocycles. The molecule has 0 bridgehead atoms. The van der Waals surface area contributed by atoms with E-state index in [1.54, 1.807) is 6.21 Å². The van der Waals surface area contributed by atoms with E-state index >= 15 is 0 Å². The van der Waals surface area contributed by atoms with Gasteiger partial charge in [-0.1, -0.05) is 48.1 Å². The lowest BCUT2D eigenvalue weighted by Gasteiger charge is -2.27. The number of benzene rings is 1. The third kappa shape index (κ3) is 4.62. The SMILES string of the molecule is C=C(C)N/N=C/c1cc(C(C)(C)C)c(O)c(C(C)(C)C)c1. The molecule has 0 amide bonds. The summed E-state index contributed by atoms with van der Waals surface area (Å²) in [6, 6.07) is 3.99. The molecule has 0 heterocycles. The molecular weight excluding hydrogens is 260 g/mol. The van der Waals surface area contributed by atoms with Gasteiger partial charge in [-0.2, -0.15) is 5.10 Å². The van der Waals surface area contributed by atoms with Crippen molar-refractivity contribution in [3.8, 4) is 5.75 Å². The van der Waals surface area contributed by atoms with E-state index in [0.29, 0.717) is 5.75 Å². The first-order valence-corrected chi connectivity index (χ1v) is 7.25. The molecule has 3 heteroatoms. The average Bonchev–Trinajstić information content (AvgIpc) is 2.27. The van der Waals surface area contributed by atoms with Crippen LogP contribution in [0.1, 0.15) is 65.2 Å². The van der Waals surface area contributed by atoms with Gasteiger partial charge in [0.15, 0.2) is 0 Å². The molecule has 0 radical (unpaired) electrons. The lowest BCUT2D eigenvalue weighted by Crippen LogP contribution is -2.18. The van der Waals surface area contributed by atoms with Crippen molar-refractivity contribution in [2.24, 2.45) is 5.10 Å². The highest BCUT2D eigenvalue weighted by atomic mass is 16.3. The Balaban J connectivity index is 3.41. The van der Waals surface area contributed by atoms with Crippen LogP contribution in [0.25, 0.3) is 0 Å². The highest BCUT2D eigenvalue weighted by Gasteiger charge is 2.26. The second-order valence-electron chi connectivity index (χ2n) is 7.61. The Morgan fingerprint density at radius 2 is 1.52 bits per heavy atom. The summed E-state index contributed by atoms with van der Waals surface area (Å²) in [4.78, 5) is 0. The third-order valence-electron chi connectivity index (χ3n) is 3.22. The van der Waals surface area contributed by atoms with Gasteiger partial charge in [-0.3, -0.25) is 5.43 Å². The first-order valence-electron chi connectivity index (χ1n) is 7.25. The minimum absolute atomic E-state index is 0.129. The van der Waals surface area contributed by atoms with Crippen LogP contribution in [0.15, 0.2) is 29.5 Å². The first-order chi connectivity index (χ1) is 9.43. The van der Waals surface area contributed by atoms with Crippen LogP contribution in [0.5, 0.6) is 5.75 Å². The maximum absolute atomic E-state index is 10.6. The summed E-state index contributed by atoms with van der Waals surface area (Å²) in [5.41, 5.74) is 6.21. The van der Waals surface area contributed by atoms with Gasteiger partial charge >= 0.3 is 0 Å². The number of allylic oxidation sites excluding steroid dienone is 1. The minimum Gasteiger partial charge on any atom is -0.507 e. The van der Waals surface area contributed by atoms with E-state index in [4.69, 9.17) is 0 Å². The molecule has 0 aliphatic heterocycles. The van der Waals surface area contributed by atoms with Gasteiger partial charge in [0.05, 0.1) is 6.21 Å². The van der Waals surface area contributed by atoms with Crippen molar-refractivity contribution in [3.05, 3.63) is 41.1 Å². The minimum atomic E-state index is -0.129. The van der Waals surface area contributed by atoms with E-state index < -0.39 is 0 Å². The van der Waals surface area contributed by atoms with Crippen molar-refractivity contribution < 1.29 is 5.11 Å². The quantitative estimate of drug-likeness (QED) is 0.638. The summed E-state index contributed by atoms with van der Waals surface area (Å²) in [5, 5.41) is 14.8. The molecule has 0 aliphatic rings. The van der Waals surface area contributed by atoms with E-state index in [1.165, 1.54) is 0 Å². The van der Waals surface area contributed by atoms with Crippen LogP contribution in [-0.2, 0) is 10.8 Å². The van der Waals surface area contributed by atoms with Gasteiger partial charge in [0.1, 0.15) is 5.75 Å². The van der Waals surface area contributed by atoms with Crippen LogP contribution >= 0.6 is 0 Å². The topological polar surface area (TPSA) is 44.6 Å². The molecule has 0 fully saturated rings. The Bertz CT molecular complexity index is 523. The van der Waals surface area contributed by atoms with Crippen molar-refractivity contribution in [3.63, 3.8) is 0 Å². The second-order valence-corrected chi connectivity index (χ2v) is 7.61. The number of aromatic hydroxyl groups is 1. The Hall–Kier alpha value is -1.77. The van der Waals surface area contributed by atoms with Gasteiger partial charge in [0, 0.05) is 16.8 Å². The van der Waals surface area contributed by atoms with Crippen LogP contribution < -0.4 is 5.43 Å². The van der Waals surface area contributed by atoms with E-state index in [1.807, 2.05) is 19.1 Å². The highest BCUT2D eigenvalue weighted by molar-refractivity contribution is 5.81. The van der Waals surface area contributed by atoms with Crippen molar-refractivity contribution in [1.82, 2.24) is 5.43 Å². The number of phenolic OH excluding ortho intramolecular Hbond substituents is 1. The predicted molar refractivity (Wildman–Crippen MR) is 91.1 cm³/mol. The molecular formula is C18H28N2O. The monoisotopic (exact) mass is 288 g/mol. The molecule has 0 atom stereocenters. The molecule has 1 aromatic rings. The highest BCUT2D eigenvalue weighted by Crippen LogP contribution is 2.39.